The molecule has 0 radical (unpaired) electrons. The molecule has 1 aliphatic heterocycles. The Kier molecular flexibility index (Phi) is 30.2. The van der Waals surface area contributed by atoms with Gasteiger partial charge in [-0.2, -0.15) is 0 Å². The van der Waals surface area contributed by atoms with Crippen LogP contribution >= 0.6 is 0 Å². The van der Waals surface area contributed by atoms with Crippen molar-refractivity contribution in [1.29, 1.82) is 0 Å². The molecule has 0 saturated heterocycles. The Balaban J connectivity index is 0. The van der Waals surface area contributed by atoms with Gasteiger partial charge in [-0.25, -0.2) is 0 Å². The molecule has 278 valence electrons. The second-order valence-corrected chi connectivity index (χ2v) is 12.5. The number of allylic oxidation sites excluding steroid dienone is 11. The maximum absolute atomic E-state index is 5.67. The van der Waals surface area contributed by atoms with Gasteiger partial charge in [-0.05, 0) is 146 Å². The molecule has 49 heavy (non-hydrogen) atoms. The van der Waals surface area contributed by atoms with E-state index in [2.05, 4.69) is 117 Å². The second-order valence-electron chi connectivity index (χ2n) is 12.5. The zero-order valence-corrected chi connectivity index (χ0v) is 33.7. The van der Waals surface area contributed by atoms with Crippen LogP contribution in [0.4, 0.5) is 0 Å². The number of nitrogens with two attached hydrogens (primary N) is 1. The predicted octanol–water partition coefficient (Wildman–Crippen LogP) is 10.0. The molecule has 0 spiro atoms. The molecule has 6 nitrogen and oxygen atoms in total. The van der Waals surface area contributed by atoms with Gasteiger partial charge in [0.2, 0.25) is 0 Å². The minimum atomic E-state index is 0.876. The molecule has 0 atom stereocenters. The predicted molar refractivity (Wildman–Crippen MR) is 223 cm³/mol. The Morgan fingerprint density at radius 1 is 1.06 bits per heavy atom. The third-order valence-electron chi connectivity index (χ3n) is 8.40. The Labute approximate surface area is 304 Å². The average Bonchev–Trinajstić information content (AvgIpc) is 3.10. The first-order chi connectivity index (χ1) is 23.5. The van der Waals surface area contributed by atoms with Gasteiger partial charge in [0.15, 0.2) is 0 Å². The Hall–Kier alpha value is -3.19. The molecule has 6 heteroatoms. The van der Waals surface area contributed by atoms with Crippen LogP contribution in [-0.2, 0) is 0 Å². The monoisotopic (exact) mass is 677 g/mol. The number of nitrogens with zero attached hydrogens (tertiary/aromatic N) is 3. The third-order valence-corrected chi connectivity index (χ3v) is 8.40. The molecule has 1 aliphatic carbocycles. The van der Waals surface area contributed by atoms with Crippen LogP contribution in [0.5, 0.6) is 0 Å². The van der Waals surface area contributed by atoms with Crippen LogP contribution in [0, 0.1) is 0 Å². The van der Waals surface area contributed by atoms with Crippen molar-refractivity contribution in [3.63, 3.8) is 0 Å². The number of nitrogens with one attached hydrogen (secondary N) is 2. The number of dihydropyridines is 1. The minimum absolute atomic E-state index is 0.876. The van der Waals surface area contributed by atoms with Gasteiger partial charge in [0.25, 0.3) is 0 Å². The smallest absolute Gasteiger partial charge is 0.0357 e. The first kappa shape index (κ1) is 47.9. The fourth-order valence-electron chi connectivity index (χ4n) is 5.62. The molecule has 0 aromatic rings. The first-order valence-electron chi connectivity index (χ1n) is 18.7. The molecule has 0 bridgehead atoms. The minimum Gasteiger partial charge on any atom is -0.404 e. The van der Waals surface area contributed by atoms with Crippen molar-refractivity contribution in [2.45, 2.75) is 113 Å². The van der Waals surface area contributed by atoms with Gasteiger partial charge in [0, 0.05) is 36.7 Å². The van der Waals surface area contributed by atoms with Gasteiger partial charge >= 0.3 is 0 Å². The standard InChI is InChI=1S/C23H37N3.C10H16N2.C8H17N.C2H6/c1-7-13-22(17-21(9-3)20(5)18-24)23(19-25-6)14-11-12-16-26(10-4)15-8-2;1-7-5-8(2)12-9(3)10(7)6-11-4;1-9(2)8-6-4-3-5-7-8;1-2/h9,11,13-14,17-19H,3,6-8,10,12,15-16,24H2,1-2,4-5H3;5,11-12H,3,6H2,1-2,4H3;8H,3-7H2,1-2H3;1-2H3/b14-11-,20-18+,21-17-,22-13+,23-19+;;;. The van der Waals surface area contributed by atoms with E-state index in [0.29, 0.717) is 0 Å². The molecule has 2 aliphatic rings. The van der Waals surface area contributed by atoms with Crippen LogP contribution in [0.2, 0.25) is 0 Å². The van der Waals surface area contributed by atoms with Crippen molar-refractivity contribution < 1.29 is 0 Å². The molecule has 4 N–H and O–H groups in total. The number of hydrogen-bond donors (Lipinski definition) is 3. The van der Waals surface area contributed by atoms with Gasteiger partial charge < -0.3 is 26.2 Å². The van der Waals surface area contributed by atoms with Gasteiger partial charge in [0.1, 0.15) is 0 Å². The summed E-state index contributed by atoms with van der Waals surface area (Å²) in [6, 6.07) is 0.888. The van der Waals surface area contributed by atoms with Crippen LogP contribution in [0.1, 0.15) is 107 Å². The summed E-state index contributed by atoms with van der Waals surface area (Å²) in [5, 5.41) is 6.34. The summed E-state index contributed by atoms with van der Waals surface area (Å²) >= 11 is 0. The molecule has 0 aromatic heterocycles. The van der Waals surface area contributed by atoms with E-state index in [-0.39, 0.29) is 0 Å². The van der Waals surface area contributed by atoms with Crippen molar-refractivity contribution in [2.24, 2.45) is 10.7 Å². The quantitative estimate of drug-likeness (QED) is 0.112. The molecule has 1 heterocycles. The molecule has 1 saturated carbocycles. The van der Waals surface area contributed by atoms with E-state index in [1.54, 1.807) is 12.4 Å². The first-order valence-corrected chi connectivity index (χ1v) is 18.7. The summed E-state index contributed by atoms with van der Waals surface area (Å²) < 4.78 is 0. The molecule has 0 unspecified atom stereocenters. The van der Waals surface area contributed by atoms with E-state index >= 15 is 0 Å². The van der Waals surface area contributed by atoms with Crippen LogP contribution in [-0.4, -0.2) is 69.9 Å². The van der Waals surface area contributed by atoms with Gasteiger partial charge in [-0.1, -0.05) is 91.3 Å². The number of likely N-dealkylation sites (N-methyl/N-ethyl adjacent to an activating group) is 1. The van der Waals surface area contributed by atoms with E-state index in [9.17, 15) is 0 Å². The van der Waals surface area contributed by atoms with Crippen molar-refractivity contribution in [1.82, 2.24) is 20.4 Å². The summed E-state index contributed by atoms with van der Waals surface area (Å²) in [5.74, 6) is 0. The molecular weight excluding hydrogens is 601 g/mol. The molecular formula is C43H76N6. The maximum atomic E-state index is 5.67. The zero-order valence-electron chi connectivity index (χ0n) is 33.7. The SMILES string of the molecule is C=C1NC(C)=CC(C)=C1CNC.C=CC(=C/C(=C\CC)C(/C=C\CCN(CC)CCC)=C/N=C)/C(C)=C/N.CC.CN(C)C1CCCCC1. The average molecular weight is 677 g/mol. The molecule has 0 aromatic carbocycles. The highest BCUT2D eigenvalue weighted by molar-refractivity contribution is 5.53. The number of hydrogen-bond acceptors (Lipinski definition) is 6. The fraction of sp³-hybridized carbons (Fsp3) is 0.558. The van der Waals surface area contributed by atoms with Crippen molar-refractivity contribution in [3.8, 4) is 0 Å². The van der Waals surface area contributed by atoms with Gasteiger partial charge in [-0.3, -0.25) is 4.99 Å². The van der Waals surface area contributed by atoms with Crippen molar-refractivity contribution in [3.05, 3.63) is 107 Å². The normalized spacial score (nSPS) is 16.3. The fourth-order valence-corrected chi connectivity index (χ4v) is 5.62. The number of aliphatic imine (C=N–C) groups is 1. The lowest BCUT2D eigenvalue weighted by molar-refractivity contribution is 0.229. The third kappa shape index (κ3) is 21.5. The molecule has 0 amide bonds. The van der Waals surface area contributed by atoms with Gasteiger partial charge in [-0.15, -0.1) is 0 Å². The van der Waals surface area contributed by atoms with Crippen LogP contribution < -0.4 is 16.4 Å². The largest absolute Gasteiger partial charge is 0.404 e. The molecule has 1 fully saturated rings. The summed E-state index contributed by atoms with van der Waals surface area (Å²) in [5.41, 5.74) is 14.6. The van der Waals surface area contributed by atoms with E-state index in [0.717, 1.165) is 78.7 Å². The van der Waals surface area contributed by atoms with Gasteiger partial charge in [0.05, 0.1) is 0 Å². The lowest BCUT2D eigenvalue weighted by atomic mass is 9.95. The van der Waals surface area contributed by atoms with Crippen LogP contribution in [0.3, 0.4) is 0 Å². The highest BCUT2D eigenvalue weighted by atomic mass is 15.1. The highest BCUT2D eigenvalue weighted by Gasteiger charge is 2.14. The lowest BCUT2D eigenvalue weighted by Crippen LogP contribution is -2.29. The topological polar surface area (TPSA) is 68.9 Å². The maximum Gasteiger partial charge on any atom is 0.0357 e. The van der Waals surface area contributed by atoms with E-state index in [1.807, 2.05) is 40.8 Å². The summed E-state index contributed by atoms with van der Waals surface area (Å²) in [7, 11) is 6.32. The van der Waals surface area contributed by atoms with Crippen molar-refractivity contribution in [2.75, 3.05) is 47.3 Å². The Morgan fingerprint density at radius 3 is 2.16 bits per heavy atom. The lowest BCUT2D eigenvalue weighted by Gasteiger charge is -2.27. The summed E-state index contributed by atoms with van der Waals surface area (Å²) in [4.78, 5) is 8.81. The van der Waals surface area contributed by atoms with Crippen molar-refractivity contribution >= 4 is 6.72 Å². The Morgan fingerprint density at radius 2 is 1.71 bits per heavy atom. The van der Waals surface area contributed by atoms with Crippen LogP contribution in [0.25, 0.3) is 0 Å². The molecule has 2 rings (SSSR count). The highest BCUT2D eigenvalue weighted by Crippen LogP contribution is 2.22. The van der Waals surface area contributed by atoms with E-state index in [4.69, 9.17) is 5.73 Å². The van der Waals surface area contributed by atoms with Crippen LogP contribution in [0.15, 0.2) is 112 Å². The Bertz CT molecular complexity index is 1150. The summed E-state index contributed by atoms with van der Waals surface area (Å²) in [6.45, 7) is 32.4. The number of rotatable bonds is 16. The zero-order chi connectivity index (χ0) is 37.6. The second kappa shape index (κ2) is 30.8. The van der Waals surface area contributed by atoms with E-state index < -0.39 is 0 Å². The van der Waals surface area contributed by atoms with E-state index in [1.165, 1.54) is 49.7 Å². The summed E-state index contributed by atoms with van der Waals surface area (Å²) in [6.07, 6.45) is 26.4.